The second-order valence-corrected chi connectivity index (χ2v) is 3.92. The minimum absolute atomic E-state index is 0.577. The highest BCUT2D eigenvalue weighted by atomic mass is 14.1. The van der Waals surface area contributed by atoms with E-state index < -0.39 is 0 Å². The fourth-order valence-corrected chi connectivity index (χ4v) is 1.81. The van der Waals surface area contributed by atoms with Gasteiger partial charge in [-0.05, 0) is 29.5 Å². The zero-order valence-corrected chi connectivity index (χ0v) is 8.98. The molecule has 0 fully saturated rings. The number of hydrogen-bond acceptors (Lipinski definition) is 0. The van der Waals surface area contributed by atoms with Crippen LogP contribution in [0.3, 0.4) is 0 Å². The van der Waals surface area contributed by atoms with Gasteiger partial charge in [-0.15, -0.1) is 0 Å². The number of rotatable bonds is 3. The average Bonchev–Trinajstić information content (AvgIpc) is 2.31. The van der Waals surface area contributed by atoms with Crippen LogP contribution in [0.5, 0.6) is 0 Å². The van der Waals surface area contributed by atoms with E-state index in [1.54, 1.807) is 0 Å². The van der Waals surface area contributed by atoms with E-state index in [1.807, 2.05) is 12.1 Å². The van der Waals surface area contributed by atoms with Gasteiger partial charge in [-0.25, -0.2) is 0 Å². The maximum atomic E-state index is 3.05. The molecule has 0 saturated heterocycles. The third-order valence-electron chi connectivity index (χ3n) is 2.70. The summed E-state index contributed by atoms with van der Waals surface area (Å²) < 4.78 is 0. The van der Waals surface area contributed by atoms with Crippen LogP contribution in [0.25, 0.3) is 0 Å². The molecule has 0 heterocycles. The summed E-state index contributed by atoms with van der Waals surface area (Å²) in [5, 5.41) is 0. The van der Waals surface area contributed by atoms with Crippen molar-refractivity contribution in [1.82, 2.24) is 0 Å². The minimum atomic E-state index is 0.577. The van der Waals surface area contributed by atoms with Crippen molar-refractivity contribution in [2.24, 2.45) is 0 Å². The summed E-state index contributed by atoms with van der Waals surface area (Å²) in [6.45, 7) is 2.27. The lowest BCUT2D eigenvalue weighted by Crippen LogP contribution is -1.97. The molecule has 1 radical (unpaired) electrons. The topological polar surface area (TPSA) is 0 Å². The zero-order chi connectivity index (χ0) is 10.5. The Hall–Kier alpha value is -1.56. The highest BCUT2D eigenvalue weighted by Gasteiger charge is 2.04. The normalized spacial score (nSPS) is 12.3. The summed E-state index contributed by atoms with van der Waals surface area (Å²) >= 11 is 0. The molecular weight excluding hydrogens is 180 g/mol. The smallest absolute Gasteiger partial charge is 0.0150 e. The van der Waals surface area contributed by atoms with Crippen LogP contribution in [0.1, 0.15) is 24.0 Å². The third-order valence-corrected chi connectivity index (χ3v) is 2.70. The van der Waals surface area contributed by atoms with E-state index >= 15 is 0 Å². The molecule has 15 heavy (non-hydrogen) atoms. The van der Waals surface area contributed by atoms with E-state index in [0.717, 1.165) is 6.42 Å². The molecule has 0 aromatic heterocycles. The summed E-state index contributed by atoms with van der Waals surface area (Å²) in [5.74, 6) is 0.577. The first-order valence-electron chi connectivity index (χ1n) is 5.36. The van der Waals surface area contributed by atoms with Gasteiger partial charge in [0.05, 0.1) is 0 Å². The van der Waals surface area contributed by atoms with Crippen LogP contribution in [0.2, 0.25) is 0 Å². The van der Waals surface area contributed by atoms with Crippen LogP contribution in [-0.4, -0.2) is 0 Å². The minimum Gasteiger partial charge on any atom is -0.0622 e. The van der Waals surface area contributed by atoms with Crippen LogP contribution in [0, 0.1) is 6.07 Å². The van der Waals surface area contributed by atoms with Gasteiger partial charge in [0.2, 0.25) is 0 Å². The molecule has 0 N–H and O–H groups in total. The highest BCUT2D eigenvalue weighted by molar-refractivity contribution is 5.23. The van der Waals surface area contributed by atoms with Gasteiger partial charge < -0.3 is 0 Å². The first-order valence-corrected chi connectivity index (χ1v) is 5.36. The molecular formula is C15H15. The Morgan fingerprint density at radius 1 is 1.00 bits per heavy atom. The van der Waals surface area contributed by atoms with Gasteiger partial charge in [0.25, 0.3) is 0 Å². The second kappa shape index (κ2) is 4.79. The van der Waals surface area contributed by atoms with Crippen molar-refractivity contribution in [3.05, 3.63) is 71.8 Å². The van der Waals surface area contributed by atoms with E-state index in [0.29, 0.717) is 5.92 Å². The molecule has 0 nitrogen and oxygen atoms in total. The molecule has 0 aliphatic heterocycles. The molecule has 0 aliphatic rings. The van der Waals surface area contributed by atoms with Crippen molar-refractivity contribution in [2.45, 2.75) is 19.3 Å². The van der Waals surface area contributed by atoms with Gasteiger partial charge in [-0.1, -0.05) is 61.5 Å². The lowest BCUT2D eigenvalue weighted by atomic mass is 9.94. The Bertz CT molecular complexity index is 389. The van der Waals surface area contributed by atoms with E-state index in [2.05, 4.69) is 55.5 Å². The maximum absolute atomic E-state index is 3.05. The Labute approximate surface area is 91.6 Å². The quantitative estimate of drug-likeness (QED) is 0.698. The molecule has 2 aromatic carbocycles. The molecule has 0 bridgehead atoms. The summed E-state index contributed by atoms with van der Waals surface area (Å²) in [5.41, 5.74) is 2.79. The van der Waals surface area contributed by atoms with Gasteiger partial charge in [0.15, 0.2) is 0 Å². The van der Waals surface area contributed by atoms with Crippen molar-refractivity contribution >= 4 is 0 Å². The monoisotopic (exact) mass is 195 g/mol. The van der Waals surface area contributed by atoms with E-state index in [9.17, 15) is 0 Å². The largest absolute Gasteiger partial charge is 0.0622 e. The first kappa shape index (κ1) is 9.97. The average molecular weight is 195 g/mol. The highest BCUT2D eigenvalue weighted by Crippen LogP contribution is 2.19. The van der Waals surface area contributed by atoms with Crippen molar-refractivity contribution in [3.63, 3.8) is 0 Å². The fraction of sp³-hybridized carbons (Fsp3) is 0.200. The summed E-state index contributed by atoms with van der Waals surface area (Å²) in [7, 11) is 0. The SMILES string of the molecule is CC(Cc1cc[c]cc1)c1ccccc1. The van der Waals surface area contributed by atoms with Crippen LogP contribution < -0.4 is 0 Å². The molecule has 0 heteroatoms. The van der Waals surface area contributed by atoms with Crippen LogP contribution in [0.15, 0.2) is 54.6 Å². The zero-order valence-electron chi connectivity index (χ0n) is 8.98. The molecule has 0 saturated carbocycles. The van der Waals surface area contributed by atoms with Crippen LogP contribution >= 0.6 is 0 Å². The Kier molecular flexibility index (Phi) is 3.18. The van der Waals surface area contributed by atoms with E-state index in [-0.39, 0.29) is 0 Å². The molecule has 2 rings (SSSR count). The van der Waals surface area contributed by atoms with Gasteiger partial charge in [-0.3, -0.25) is 0 Å². The van der Waals surface area contributed by atoms with Gasteiger partial charge >= 0.3 is 0 Å². The van der Waals surface area contributed by atoms with Crippen molar-refractivity contribution in [3.8, 4) is 0 Å². The number of benzene rings is 2. The van der Waals surface area contributed by atoms with E-state index in [1.165, 1.54) is 11.1 Å². The van der Waals surface area contributed by atoms with Crippen LogP contribution in [-0.2, 0) is 6.42 Å². The van der Waals surface area contributed by atoms with E-state index in [4.69, 9.17) is 0 Å². The van der Waals surface area contributed by atoms with Crippen molar-refractivity contribution < 1.29 is 0 Å². The molecule has 1 unspecified atom stereocenters. The molecule has 2 aromatic rings. The lowest BCUT2D eigenvalue weighted by molar-refractivity contribution is 0.759. The Balaban J connectivity index is 2.08. The van der Waals surface area contributed by atoms with Gasteiger partial charge in [0.1, 0.15) is 0 Å². The molecule has 0 amide bonds. The fourth-order valence-electron chi connectivity index (χ4n) is 1.81. The molecule has 0 spiro atoms. The van der Waals surface area contributed by atoms with Gasteiger partial charge in [0, 0.05) is 0 Å². The predicted molar refractivity (Wildman–Crippen MR) is 63.8 cm³/mol. The van der Waals surface area contributed by atoms with Crippen LogP contribution in [0.4, 0.5) is 0 Å². The second-order valence-electron chi connectivity index (χ2n) is 3.92. The summed E-state index contributed by atoms with van der Waals surface area (Å²) in [6, 6.07) is 21.9. The van der Waals surface area contributed by atoms with Crippen molar-refractivity contribution in [2.75, 3.05) is 0 Å². The standard InChI is InChI=1S/C15H15/c1-13(15-10-6-3-7-11-15)12-14-8-4-2-5-9-14/h3-11,13H,12H2,1H3. The molecule has 0 aliphatic carbocycles. The lowest BCUT2D eigenvalue weighted by Gasteiger charge is -2.11. The molecule has 1 atom stereocenters. The first-order chi connectivity index (χ1) is 7.36. The summed E-state index contributed by atoms with van der Waals surface area (Å²) in [6.07, 6.45) is 1.10. The molecule has 75 valence electrons. The maximum Gasteiger partial charge on any atom is -0.0150 e. The Morgan fingerprint density at radius 2 is 1.67 bits per heavy atom. The van der Waals surface area contributed by atoms with Gasteiger partial charge in [-0.2, -0.15) is 0 Å². The third kappa shape index (κ3) is 2.69. The Morgan fingerprint density at radius 3 is 2.33 bits per heavy atom. The predicted octanol–water partition coefficient (Wildman–Crippen LogP) is 3.83. The number of hydrogen-bond donors (Lipinski definition) is 0. The van der Waals surface area contributed by atoms with Crippen molar-refractivity contribution in [1.29, 1.82) is 0 Å². The summed E-state index contributed by atoms with van der Waals surface area (Å²) in [4.78, 5) is 0.